The summed E-state index contributed by atoms with van der Waals surface area (Å²) in [6.45, 7) is 0. The van der Waals surface area contributed by atoms with Gasteiger partial charge < -0.3 is 5.73 Å². The van der Waals surface area contributed by atoms with Crippen molar-refractivity contribution >= 4 is 39.9 Å². The summed E-state index contributed by atoms with van der Waals surface area (Å²) in [7, 11) is 0. The lowest BCUT2D eigenvalue weighted by Gasteiger charge is -1.99. The lowest BCUT2D eigenvalue weighted by molar-refractivity contribution is 1.04. The van der Waals surface area contributed by atoms with Crippen molar-refractivity contribution in [2.75, 3.05) is 5.73 Å². The first-order valence-electron chi connectivity index (χ1n) is 4.17. The van der Waals surface area contributed by atoms with E-state index in [2.05, 4.69) is 9.36 Å². The van der Waals surface area contributed by atoms with Crippen LogP contribution in [0.1, 0.15) is 11.4 Å². The van der Waals surface area contributed by atoms with Gasteiger partial charge in [0.15, 0.2) is 5.13 Å². The second-order valence-corrected chi connectivity index (χ2v) is 4.57. The molecule has 0 atom stereocenters. The van der Waals surface area contributed by atoms with E-state index in [1.54, 1.807) is 12.1 Å². The van der Waals surface area contributed by atoms with Crippen LogP contribution in [0, 0.1) is 0 Å². The van der Waals surface area contributed by atoms with E-state index in [4.69, 9.17) is 28.9 Å². The van der Waals surface area contributed by atoms with Crippen LogP contribution in [-0.2, 0) is 6.42 Å². The Bertz CT molecular complexity index is 484. The number of hydrogen-bond acceptors (Lipinski definition) is 4. The quantitative estimate of drug-likeness (QED) is 0.902. The molecule has 0 amide bonds. The average Bonchev–Trinajstić information content (AvgIpc) is 2.58. The monoisotopic (exact) mass is 259 g/mol. The molecule has 6 heteroatoms. The number of nitrogens with zero attached hydrogens (tertiary/aromatic N) is 2. The van der Waals surface area contributed by atoms with E-state index in [0.29, 0.717) is 27.4 Å². The molecule has 0 spiro atoms. The molecule has 0 radical (unpaired) electrons. The predicted molar refractivity (Wildman–Crippen MR) is 63.6 cm³/mol. The average molecular weight is 260 g/mol. The molecule has 3 nitrogen and oxygen atoms in total. The first-order valence-corrected chi connectivity index (χ1v) is 5.70. The van der Waals surface area contributed by atoms with Crippen LogP contribution in [0.25, 0.3) is 0 Å². The normalized spacial score (nSPS) is 10.5. The topological polar surface area (TPSA) is 51.8 Å². The fourth-order valence-corrected chi connectivity index (χ4v) is 1.94. The van der Waals surface area contributed by atoms with Gasteiger partial charge in [-0.05, 0) is 17.7 Å². The number of aromatic nitrogens is 2. The van der Waals surface area contributed by atoms with Gasteiger partial charge in [0.25, 0.3) is 0 Å². The van der Waals surface area contributed by atoms with Crippen molar-refractivity contribution in [3.05, 3.63) is 39.6 Å². The highest BCUT2D eigenvalue weighted by molar-refractivity contribution is 7.09. The van der Waals surface area contributed by atoms with Crippen LogP contribution in [0.3, 0.4) is 0 Å². The first kappa shape index (κ1) is 10.7. The standard InChI is InChI=1S/C9H7Cl2N3S/c10-6-2-1-5(3-7(6)11)4-8-13-9(12)15-14-8/h1-3H,4H2,(H2,12,13,14). The van der Waals surface area contributed by atoms with Crippen molar-refractivity contribution in [3.63, 3.8) is 0 Å². The van der Waals surface area contributed by atoms with Crippen molar-refractivity contribution < 1.29 is 0 Å². The number of anilines is 1. The maximum Gasteiger partial charge on any atom is 0.199 e. The van der Waals surface area contributed by atoms with E-state index in [-0.39, 0.29) is 0 Å². The molecule has 0 aliphatic carbocycles. The third kappa shape index (κ3) is 2.59. The Kier molecular flexibility index (Phi) is 3.09. The SMILES string of the molecule is Nc1nc(Cc2ccc(Cl)c(Cl)c2)ns1. The minimum absolute atomic E-state index is 0.477. The highest BCUT2D eigenvalue weighted by Crippen LogP contribution is 2.23. The molecule has 0 aliphatic rings. The molecule has 0 fully saturated rings. The second-order valence-electron chi connectivity index (χ2n) is 2.97. The van der Waals surface area contributed by atoms with E-state index in [1.807, 2.05) is 6.07 Å². The summed E-state index contributed by atoms with van der Waals surface area (Å²) in [5, 5.41) is 1.56. The van der Waals surface area contributed by atoms with Gasteiger partial charge in [-0.3, -0.25) is 0 Å². The van der Waals surface area contributed by atoms with Gasteiger partial charge >= 0.3 is 0 Å². The van der Waals surface area contributed by atoms with Gasteiger partial charge in [0.2, 0.25) is 0 Å². The molecule has 0 saturated carbocycles. The Hall–Kier alpha value is -0.840. The highest BCUT2D eigenvalue weighted by atomic mass is 35.5. The van der Waals surface area contributed by atoms with Crippen LogP contribution >= 0.6 is 34.7 Å². The summed E-state index contributed by atoms with van der Waals surface area (Å²) in [4.78, 5) is 4.07. The van der Waals surface area contributed by atoms with Crippen molar-refractivity contribution in [2.24, 2.45) is 0 Å². The fraction of sp³-hybridized carbons (Fsp3) is 0.111. The fourth-order valence-electron chi connectivity index (χ4n) is 1.17. The number of hydrogen-bond donors (Lipinski definition) is 1. The zero-order valence-electron chi connectivity index (χ0n) is 7.58. The largest absolute Gasteiger partial charge is 0.374 e. The molecule has 15 heavy (non-hydrogen) atoms. The zero-order chi connectivity index (χ0) is 10.8. The Labute approximate surface area is 101 Å². The van der Waals surface area contributed by atoms with Gasteiger partial charge in [0.05, 0.1) is 10.0 Å². The summed E-state index contributed by atoms with van der Waals surface area (Å²) in [5.41, 5.74) is 6.50. The van der Waals surface area contributed by atoms with Crippen molar-refractivity contribution in [1.82, 2.24) is 9.36 Å². The van der Waals surface area contributed by atoms with Crippen molar-refractivity contribution in [3.8, 4) is 0 Å². The number of nitrogen functional groups attached to an aromatic ring is 1. The minimum atomic E-state index is 0.477. The van der Waals surface area contributed by atoms with E-state index in [0.717, 1.165) is 5.56 Å². The Morgan fingerprint density at radius 1 is 1.27 bits per heavy atom. The molecule has 1 heterocycles. The van der Waals surface area contributed by atoms with Gasteiger partial charge in [-0.25, -0.2) is 4.98 Å². The summed E-state index contributed by atoms with van der Waals surface area (Å²) in [6, 6.07) is 5.46. The molecule has 0 unspecified atom stereocenters. The lowest BCUT2D eigenvalue weighted by atomic mass is 10.1. The van der Waals surface area contributed by atoms with E-state index in [9.17, 15) is 0 Å². The molecular weight excluding hydrogens is 253 g/mol. The molecule has 0 aliphatic heterocycles. The summed E-state index contributed by atoms with van der Waals surface area (Å²) < 4.78 is 4.09. The summed E-state index contributed by atoms with van der Waals surface area (Å²) >= 11 is 12.9. The van der Waals surface area contributed by atoms with Crippen LogP contribution < -0.4 is 5.73 Å². The van der Waals surface area contributed by atoms with E-state index >= 15 is 0 Å². The van der Waals surface area contributed by atoms with Gasteiger partial charge in [-0.15, -0.1) is 0 Å². The summed E-state index contributed by atoms with van der Waals surface area (Å²) in [6.07, 6.45) is 0.616. The van der Waals surface area contributed by atoms with Crippen molar-refractivity contribution in [2.45, 2.75) is 6.42 Å². The van der Waals surface area contributed by atoms with E-state index in [1.165, 1.54) is 11.5 Å². The van der Waals surface area contributed by atoms with Crippen LogP contribution in [0.4, 0.5) is 5.13 Å². The number of benzene rings is 1. The Morgan fingerprint density at radius 2 is 2.07 bits per heavy atom. The molecule has 2 N–H and O–H groups in total. The molecule has 78 valence electrons. The molecule has 2 rings (SSSR count). The lowest BCUT2D eigenvalue weighted by Crippen LogP contribution is -1.91. The molecule has 1 aromatic carbocycles. The van der Waals surface area contributed by atoms with Gasteiger partial charge in [0.1, 0.15) is 5.82 Å². The molecule has 1 aromatic heterocycles. The predicted octanol–water partition coefficient (Wildman–Crippen LogP) is 3.02. The molecule has 2 aromatic rings. The van der Waals surface area contributed by atoms with Crippen LogP contribution in [0.15, 0.2) is 18.2 Å². The van der Waals surface area contributed by atoms with Crippen LogP contribution in [0.2, 0.25) is 10.0 Å². The third-order valence-electron chi connectivity index (χ3n) is 1.83. The number of halogens is 2. The maximum absolute atomic E-state index is 5.89. The van der Waals surface area contributed by atoms with E-state index < -0.39 is 0 Å². The van der Waals surface area contributed by atoms with Gasteiger partial charge in [-0.1, -0.05) is 29.3 Å². The Morgan fingerprint density at radius 3 is 2.67 bits per heavy atom. The second kappa shape index (κ2) is 4.35. The molecule has 0 bridgehead atoms. The van der Waals surface area contributed by atoms with Gasteiger partial charge in [-0.2, -0.15) is 4.37 Å². The van der Waals surface area contributed by atoms with Crippen molar-refractivity contribution in [1.29, 1.82) is 0 Å². The first-order chi connectivity index (χ1) is 7.15. The molecule has 0 saturated heterocycles. The smallest absolute Gasteiger partial charge is 0.199 e. The Balaban J connectivity index is 2.21. The summed E-state index contributed by atoms with van der Waals surface area (Å²) in [5.74, 6) is 0.705. The maximum atomic E-state index is 5.89. The van der Waals surface area contributed by atoms with Crippen LogP contribution in [0.5, 0.6) is 0 Å². The molecular formula is C9H7Cl2N3S. The minimum Gasteiger partial charge on any atom is -0.374 e. The number of rotatable bonds is 2. The number of nitrogens with two attached hydrogens (primary N) is 1. The van der Waals surface area contributed by atoms with Crippen LogP contribution in [-0.4, -0.2) is 9.36 Å². The highest BCUT2D eigenvalue weighted by Gasteiger charge is 2.04. The zero-order valence-corrected chi connectivity index (χ0v) is 9.90. The third-order valence-corrected chi connectivity index (χ3v) is 3.15. The van der Waals surface area contributed by atoms with Gasteiger partial charge in [0, 0.05) is 18.0 Å².